The SMILES string of the molecule is CN1CCN(CCOc2ccccc2N)C1=O. The third kappa shape index (κ3) is 2.61. The molecule has 1 fully saturated rings. The molecule has 1 heterocycles. The summed E-state index contributed by atoms with van der Waals surface area (Å²) in [4.78, 5) is 15.1. The number of carbonyl (C=O) groups is 1. The highest BCUT2D eigenvalue weighted by Crippen LogP contribution is 2.19. The van der Waals surface area contributed by atoms with Crippen LogP contribution in [0.1, 0.15) is 0 Å². The summed E-state index contributed by atoms with van der Waals surface area (Å²) in [6, 6.07) is 7.42. The number of nitrogens with two attached hydrogens (primary N) is 1. The second-order valence-electron chi connectivity index (χ2n) is 4.08. The Balaban J connectivity index is 1.81. The molecule has 92 valence electrons. The summed E-state index contributed by atoms with van der Waals surface area (Å²) in [6.07, 6.45) is 0. The van der Waals surface area contributed by atoms with Crippen molar-refractivity contribution in [2.24, 2.45) is 0 Å². The monoisotopic (exact) mass is 235 g/mol. The van der Waals surface area contributed by atoms with Crippen LogP contribution < -0.4 is 10.5 Å². The molecular weight excluding hydrogens is 218 g/mol. The number of amides is 2. The quantitative estimate of drug-likeness (QED) is 0.792. The fourth-order valence-electron chi connectivity index (χ4n) is 1.79. The van der Waals surface area contributed by atoms with E-state index in [-0.39, 0.29) is 6.03 Å². The van der Waals surface area contributed by atoms with Crippen LogP contribution in [0.2, 0.25) is 0 Å². The molecule has 0 radical (unpaired) electrons. The van der Waals surface area contributed by atoms with Crippen molar-refractivity contribution in [3.05, 3.63) is 24.3 Å². The van der Waals surface area contributed by atoms with Gasteiger partial charge in [-0.2, -0.15) is 0 Å². The van der Waals surface area contributed by atoms with Gasteiger partial charge in [0.2, 0.25) is 0 Å². The number of nitrogens with zero attached hydrogens (tertiary/aromatic N) is 2. The third-order valence-electron chi connectivity index (χ3n) is 2.84. The molecule has 2 N–H and O–H groups in total. The molecule has 2 rings (SSSR count). The number of nitrogen functional groups attached to an aromatic ring is 1. The molecule has 2 amide bonds. The van der Waals surface area contributed by atoms with Gasteiger partial charge in [-0.3, -0.25) is 0 Å². The highest BCUT2D eigenvalue weighted by Gasteiger charge is 2.24. The Labute approximate surface area is 101 Å². The average Bonchev–Trinajstić information content (AvgIpc) is 2.63. The van der Waals surface area contributed by atoms with Crippen molar-refractivity contribution in [1.82, 2.24) is 9.80 Å². The molecule has 1 aromatic carbocycles. The lowest BCUT2D eigenvalue weighted by Gasteiger charge is -2.16. The van der Waals surface area contributed by atoms with Crippen LogP contribution in [0, 0.1) is 0 Å². The molecule has 1 aliphatic heterocycles. The molecule has 1 saturated heterocycles. The minimum absolute atomic E-state index is 0.0645. The number of rotatable bonds is 4. The number of urea groups is 1. The zero-order valence-corrected chi connectivity index (χ0v) is 9.93. The van der Waals surface area contributed by atoms with E-state index in [1.807, 2.05) is 18.2 Å². The summed E-state index contributed by atoms with van der Waals surface area (Å²) in [5, 5.41) is 0. The van der Waals surface area contributed by atoms with Gasteiger partial charge in [0.15, 0.2) is 0 Å². The summed E-state index contributed by atoms with van der Waals surface area (Å²) in [7, 11) is 1.80. The van der Waals surface area contributed by atoms with E-state index in [0.717, 1.165) is 13.1 Å². The molecule has 0 atom stereocenters. The fraction of sp³-hybridized carbons (Fsp3) is 0.417. The summed E-state index contributed by atoms with van der Waals surface area (Å²) in [5.74, 6) is 0.674. The van der Waals surface area contributed by atoms with Crippen LogP contribution in [0.5, 0.6) is 5.75 Å². The van der Waals surface area contributed by atoms with Crippen LogP contribution >= 0.6 is 0 Å². The Bertz CT molecular complexity index is 408. The van der Waals surface area contributed by atoms with Gasteiger partial charge in [0, 0.05) is 20.1 Å². The van der Waals surface area contributed by atoms with E-state index in [1.165, 1.54) is 0 Å². The number of para-hydroxylation sites is 2. The first-order valence-corrected chi connectivity index (χ1v) is 5.66. The molecule has 0 unspecified atom stereocenters. The van der Waals surface area contributed by atoms with Crippen molar-refractivity contribution in [3.63, 3.8) is 0 Å². The maximum Gasteiger partial charge on any atom is 0.319 e. The summed E-state index contributed by atoms with van der Waals surface area (Å²) < 4.78 is 5.54. The fourth-order valence-corrected chi connectivity index (χ4v) is 1.79. The average molecular weight is 235 g/mol. The standard InChI is InChI=1S/C12H17N3O2/c1-14-6-7-15(12(14)16)8-9-17-11-5-3-2-4-10(11)13/h2-5H,6-9,13H2,1H3. The normalized spacial score (nSPS) is 15.5. The molecule has 17 heavy (non-hydrogen) atoms. The number of benzene rings is 1. The molecule has 1 aromatic rings. The first-order chi connectivity index (χ1) is 8.18. The van der Waals surface area contributed by atoms with Gasteiger partial charge in [0.05, 0.1) is 12.2 Å². The van der Waals surface area contributed by atoms with Crippen molar-refractivity contribution in [1.29, 1.82) is 0 Å². The Morgan fingerprint density at radius 1 is 1.35 bits per heavy atom. The van der Waals surface area contributed by atoms with Crippen LogP contribution in [0.4, 0.5) is 10.5 Å². The van der Waals surface area contributed by atoms with Crippen molar-refractivity contribution < 1.29 is 9.53 Å². The second-order valence-corrected chi connectivity index (χ2v) is 4.08. The zero-order chi connectivity index (χ0) is 12.3. The van der Waals surface area contributed by atoms with Gasteiger partial charge >= 0.3 is 6.03 Å². The van der Waals surface area contributed by atoms with Crippen molar-refractivity contribution >= 4 is 11.7 Å². The van der Waals surface area contributed by atoms with Gasteiger partial charge in [0.25, 0.3) is 0 Å². The molecule has 0 aliphatic carbocycles. The van der Waals surface area contributed by atoms with E-state index in [2.05, 4.69) is 0 Å². The molecule has 0 saturated carbocycles. The largest absolute Gasteiger partial charge is 0.490 e. The number of carbonyl (C=O) groups excluding carboxylic acids is 1. The smallest absolute Gasteiger partial charge is 0.319 e. The second kappa shape index (κ2) is 4.95. The lowest BCUT2D eigenvalue weighted by molar-refractivity contribution is 0.188. The van der Waals surface area contributed by atoms with Gasteiger partial charge in [-0.1, -0.05) is 12.1 Å². The Kier molecular flexibility index (Phi) is 3.37. The molecule has 0 bridgehead atoms. The first-order valence-electron chi connectivity index (χ1n) is 5.66. The lowest BCUT2D eigenvalue weighted by atomic mass is 10.3. The minimum atomic E-state index is 0.0645. The van der Waals surface area contributed by atoms with Gasteiger partial charge in [-0.05, 0) is 12.1 Å². The Morgan fingerprint density at radius 3 is 2.76 bits per heavy atom. The topological polar surface area (TPSA) is 58.8 Å². The van der Waals surface area contributed by atoms with Crippen LogP contribution in [0.15, 0.2) is 24.3 Å². The molecule has 0 aromatic heterocycles. The van der Waals surface area contributed by atoms with Crippen LogP contribution in [-0.2, 0) is 0 Å². The number of ether oxygens (including phenoxy) is 1. The van der Waals surface area contributed by atoms with Crippen molar-refractivity contribution in [2.75, 3.05) is 39.0 Å². The number of likely N-dealkylation sites (N-methyl/N-ethyl adjacent to an activating group) is 1. The maximum absolute atomic E-state index is 11.6. The highest BCUT2D eigenvalue weighted by atomic mass is 16.5. The molecule has 0 spiro atoms. The third-order valence-corrected chi connectivity index (χ3v) is 2.84. The van der Waals surface area contributed by atoms with Crippen LogP contribution in [0.3, 0.4) is 0 Å². The molecular formula is C12H17N3O2. The highest BCUT2D eigenvalue weighted by molar-refractivity contribution is 5.76. The lowest BCUT2D eigenvalue weighted by Crippen LogP contribution is -2.32. The van der Waals surface area contributed by atoms with Gasteiger partial charge in [0.1, 0.15) is 12.4 Å². The predicted octanol–water partition coefficient (Wildman–Crippen LogP) is 1.01. The van der Waals surface area contributed by atoms with Crippen LogP contribution in [0.25, 0.3) is 0 Å². The van der Waals surface area contributed by atoms with Gasteiger partial charge in [-0.25, -0.2) is 4.79 Å². The predicted molar refractivity (Wildman–Crippen MR) is 65.9 cm³/mol. The number of hydrogen-bond donors (Lipinski definition) is 1. The summed E-state index contributed by atoms with van der Waals surface area (Å²) in [5.41, 5.74) is 6.37. The van der Waals surface area contributed by atoms with Crippen molar-refractivity contribution in [3.8, 4) is 5.75 Å². The van der Waals surface area contributed by atoms with Gasteiger partial charge < -0.3 is 20.3 Å². The summed E-state index contributed by atoms with van der Waals surface area (Å²) in [6.45, 7) is 2.61. The Morgan fingerprint density at radius 2 is 2.12 bits per heavy atom. The number of anilines is 1. The Hall–Kier alpha value is -1.91. The van der Waals surface area contributed by atoms with Gasteiger partial charge in [-0.15, -0.1) is 0 Å². The van der Waals surface area contributed by atoms with E-state index >= 15 is 0 Å². The maximum atomic E-state index is 11.6. The van der Waals surface area contributed by atoms with E-state index < -0.39 is 0 Å². The molecule has 1 aliphatic rings. The zero-order valence-electron chi connectivity index (χ0n) is 9.93. The molecule has 5 heteroatoms. The van der Waals surface area contributed by atoms with E-state index in [4.69, 9.17) is 10.5 Å². The van der Waals surface area contributed by atoms with E-state index in [1.54, 1.807) is 22.9 Å². The first kappa shape index (κ1) is 11.6. The number of hydrogen-bond acceptors (Lipinski definition) is 3. The molecule has 5 nitrogen and oxygen atoms in total. The van der Waals surface area contributed by atoms with Crippen molar-refractivity contribution in [2.45, 2.75) is 0 Å². The summed E-state index contributed by atoms with van der Waals surface area (Å²) >= 11 is 0. The van der Waals surface area contributed by atoms with Crippen LogP contribution in [-0.4, -0.2) is 49.1 Å². The minimum Gasteiger partial charge on any atom is -0.490 e. The van der Waals surface area contributed by atoms with E-state index in [9.17, 15) is 4.79 Å². The van der Waals surface area contributed by atoms with E-state index in [0.29, 0.717) is 24.6 Å².